The summed E-state index contributed by atoms with van der Waals surface area (Å²) in [6, 6.07) is 8.06. The third-order valence-electron chi connectivity index (χ3n) is 3.33. The minimum Gasteiger partial charge on any atom is -0.373 e. The number of fused-ring (bicyclic) bond motifs is 1. The zero-order valence-electron chi connectivity index (χ0n) is 11.0. The van der Waals surface area contributed by atoms with Gasteiger partial charge in [0.25, 0.3) is 0 Å². The van der Waals surface area contributed by atoms with Gasteiger partial charge in [0.1, 0.15) is 0 Å². The molecule has 5 heteroatoms. The van der Waals surface area contributed by atoms with Crippen LogP contribution in [-0.2, 0) is 4.74 Å². The van der Waals surface area contributed by atoms with Crippen LogP contribution in [-0.4, -0.2) is 49.4 Å². The van der Waals surface area contributed by atoms with Crippen LogP contribution in [0.2, 0.25) is 0 Å². The number of benzene rings is 1. The van der Waals surface area contributed by atoms with E-state index >= 15 is 0 Å². The predicted molar refractivity (Wildman–Crippen MR) is 75.4 cm³/mol. The topological polar surface area (TPSA) is 50.3 Å². The molecule has 1 aliphatic rings. The van der Waals surface area contributed by atoms with Crippen molar-refractivity contribution in [2.24, 2.45) is 0 Å². The number of hydrogen-bond acceptors (Lipinski definition) is 5. The maximum Gasteiger partial charge on any atom is 0.226 e. The van der Waals surface area contributed by atoms with E-state index in [9.17, 15) is 0 Å². The van der Waals surface area contributed by atoms with Crippen molar-refractivity contribution in [1.29, 1.82) is 0 Å². The molecule has 0 saturated carbocycles. The van der Waals surface area contributed by atoms with Gasteiger partial charge in [0.2, 0.25) is 5.95 Å². The molecule has 19 heavy (non-hydrogen) atoms. The quantitative estimate of drug-likeness (QED) is 0.892. The Labute approximate surface area is 112 Å². The Bertz CT molecular complexity index is 558. The summed E-state index contributed by atoms with van der Waals surface area (Å²) >= 11 is 0. The lowest BCUT2D eigenvalue weighted by Crippen LogP contribution is -2.46. The number of likely N-dealkylation sites (N-methyl/N-ethyl adjacent to an activating group) is 1. The van der Waals surface area contributed by atoms with Crippen LogP contribution >= 0.6 is 0 Å². The Morgan fingerprint density at radius 1 is 1.42 bits per heavy atom. The maximum absolute atomic E-state index is 5.70. The number of morpholine rings is 1. The number of ether oxygens (including phenoxy) is 1. The molecule has 0 bridgehead atoms. The van der Waals surface area contributed by atoms with Crippen LogP contribution in [0.3, 0.4) is 0 Å². The average Bonchev–Trinajstić information content (AvgIpc) is 2.47. The average molecular weight is 258 g/mol. The molecular weight excluding hydrogens is 240 g/mol. The van der Waals surface area contributed by atoms with Crippen molar-refractivity contribution < 1.29 is 4.74 Å². The summed E-state index contributed by atoms with van der Waals surface area (Å²) in [6.07, 6.45) is 2.09. The summed E-state index contributed by atoms with van der Waals surface area (Å²) < 4.78 is 5.70. The fourth-order valence-corrected chi connectivity index (χ4v) is 2.37. The fraction of sp³-hybridized carbons (Fsp3) is 0.429. The molecule has 1 aliphatic heterocycles. The second-order valence-electron chi connectivity index (χ2n) is 4.73. The van der Waals surface area contributed by atoms with Crippen LogP contribution in [0, 0.1) is 0 Å². The molecule has 1 fully saturated rings. The normalized spacial score (nSPS) is 19.8. The lowest BCUT2D eigenvalue weighted by atomic mass is 10.2. The summed E-state index contributed by atoms with van der Waals surface area (Å²) in [5.41, 5.74) is 0.990. The molecule has 0 spiro atoms. The highest BCUT2D eigenvalue weighted by molar-refractivity contribution is 5.78. The lowest BCUT2D eigenvalue weighted by molar-refractivity contribution is 0.0416. The van der Waals surface area contributed by atoms with Gasteiger partial charge in [-0.05, 0) is 13.1 Å². The molecule has 0 amide bonds. The van der Waals surface area contributed by atoms with Gasteiger partial charge in [0, 0.05) is 31.2 Å². The molecule has 3 rings (SSSR count). The highest BCUT2D eigenvalue weighted by Crippen LogP contribution is 2.17. The minimum atomic E-state index is 0.203. The van der Waals surface area contributed by atoms with Crippen LogP contribution in [0.1, 0.15) is 0 Å². The second-order valence-corrected chi connectivity index (χ2v) is 4.73. The zero-order valence-corrected chi connectivity index (χ0v) is 11.0. The minimum absolute atomic E-state index is 0.203. The first-order valence-electron chi connectivity index (χ1n) is 6.60. The molecule has 1 unspecified atom stereocenters. The Kier molecular flexibility index (Phi) is 3.57. The van der Waals surface area contributed by atoms with Gasteiger partial charge in [-0.2, -0.15) is 0 Å². The van der Waals surface area contributed by atoms with E-state index in [-0.39, 0.29) is 6.10 Å². The van der Waals surface area contributed by atoms with Crippen molar-refractivity contribution in [3.63, 3.8) is 0 Å². The Morgan fingerprint density at radius 3 is 3.21 bits per heavy atom. The van der Waals surface area contributed by atoms with Crippen molar-refractivity contribution in [3.05, 3.63) is 30.5 Å². The highest BCUT2D eigenvalue weighted by atomic mass is 16.5. The molecule has 1 N–H and O–H groups in total. The number of anilines is 1. The molecule has 1 aromatic heterocycles. The van der Waals surface area contributed by atoms with Crippen LogP contribution in [0.15, 0.2) is 30.5 Å². The summed E-state index contributed by atoms with van der Waals surface area (Å²) in [5, 5.41) is 4.22. The molecule has 1 atom stereocenters. The number of para-hydroxylation sites is 1. The molecule has 1 saturated heterocycles. The number of nitrogens with zero attached hydrogens (tertiary/aromatic N) is 3. The smallest absolute Gasteiger partial charge is 0.226 e. The van der Waals surface area contributed by atoms with Crippen molar-refractivity contribution in [3.8, 4) is 0 Å². The predicted octanol–water partition coefficient (Wildman–Crippen LogP) is 1.05. The van der Waals surface area contributed by atoms with Crippen molar-refractivity contribution in [2.75, 3.05) is 38.2 Å². The third kappa shape index (κ3) is 2.67. The summed E-state index contributed by atoms with van der Waals surface area (Å²) in [7, 11) is 1.94. The number of hydrogen-bond donors (Lipinski definition) is 1. The summed E-state index contributed by atoms with van der Waals surface area (Å²) in [6.45, 7) is 3.25. The molecule has 2 aromatic rings. The number of aromatic nitrogens is 2. The second kappa shape index (κ2) is 5.50. The fourth-order valence-electron chi connectivity index (χ4n) is 2.37. The van der Waals surface area contributed by atoms with Gasteiger partial charge in [-0.3, -0.25) is 0 Å². The van der Waals surface area contributed by atoms with Crippen molar-refractivity contribution in [2.45, 2.75) is 6.10 Å². The van der Waals surface area contributed by atoms with E-state index in [2.05, 4.69) is 20.2 Å². The Balaban J connectivity index is 1.83. The van der Waals surface area contributed by atoms with Gasteiger partial charge in [-0.25, -0.2) is 9.97 Å². The molecule has 5 nitrogen and oxygen atoms in total. The Morgan fingerprint density at radius 2 is 2.32 bits per heavy atom. The van der Waals surface area contributed by atoms with Crippen LogP contribution in [0.4, 0.5) is 5.95 Å². The maximum atomic E-state index is 5.70. The van der Waals surface area contributed by atoms with E-state index in [4.69, 9.17) is 4.74 Å². The van der Waals surface area contributed by atoms with Crippen LogP contribution in [0.5, 0.6) is 0 Å². The van der Waals surface area contributed by atoms with Gasteiger partial charge in [0.15, 0.2) is 0 Å². The largest absolute Gasteiger partial charge is 0.373 e. The first-order chi connectivity index (χ1) is 9.36. The standard InChI is InChI=1S/C14H18N4O/c1-15-9-12-10-18(6-7-19-12)14-16-8-11-4-2-3-5-13(11)17-14/h2-5,8,12,15H,6-7,9-10H2,1H3. The molecule has 2 heterocycles. The van der Waals surface area contributed by atoms with Crippen LogP contribution < -0.4 is 10.2 Å². The van der Waals surface area contributed by atoms with E-state index in [1.54, 1.807) is 0 Å². The summed E-state index contributed by atoms with van der Waals surface area (Å²) in [5.74, 6) is 0.795. The molecule has 1 aromatic carbocycles. The molecule has 100 valence electrons. The van der Waals surface area contributed by atoms with Crippen molar-refractivity contribution >= 4 is 16.9 Å². The monoisotopic (exact) mass is 258 g/mol. The molecular formula is C14H18N4O. The van der Waals surface area contributed by atoms with Crippen molar-refractivity contribution in [1.82, 2.24) is 15.3 Å². The third-order valence-corrected chi connectivity index (χ3v) is 3.33. The van der Waals surface area contributed by atoms with E-state index in [1.807, 2.05) is 37.5 Å². The van der Waals surface area contributed by atoms with E-state index < -0.39 is 0 Å². The van der Waals surface area contributed by atoms with Gasteiger partial charge >= 0.3 is 0 Å². The van der Waals surface area contributed by atoms with Gasteiger partial charge in [0.05, 0.1) is 18.2 Å². The molecule has 0 aliphatic carbocycles. The van der Waals surface area contributed by atoms with Gasteiger partial charge < -0.3 is 15.0 Å². The highest BCUT2D eigenvalue weighted by Gasteiger charge is 2.21. The van der Waals surface area contributed by atoms with Gasteiger partial charge in [-0.1, -0.05) is 18.2 Å². The van der Waals surface area contributed by atoms with E-state index in [0.29, 0.717) is 0 Å². The lowest BCUT2D eigenvalue weighted by Gasteiger charge is -2.32. The van der Waals surface area contributed by atoms with E-state index in [1.165, 1.54) is 0 Å². The van der Waals surface area contributed by atoms with Crippen LogP contribution in [0.25, 0.3) is 10.9 Å². The summed E-state index contributed by atoms with van der Waals surface area (Å²) in [4.78, 5) is 11.3. The number of rotatable bonds is 3. The molecule has 0 radical (unpaired) electrons. The first kappa shape index (κ1) is 12.3. The van der Waals surface area contributed by atoms with E-state index in [0.717, 1.165) is 43.1 Å². The zero-order chi connectivity index (χ0) is 13.1. The Hall–Kier alpha value is -1.72. The SMILES string of the molecule is CNCC1CN(c2ncc3ccccc3n2)CCO1. The van der Waals surface area contributed by atoms with Gasteiger partial charge in [-0.15, -0.1) is 0 Å². The first-order valence-corrected chi connectivity index (χ1v) is 6.60. The number of nitrogens with one attached hydrogen (secondary N) is 1.